The Hall–Kier alpha value is -0.680. The fourth-order valence-corrected chi connectivity index (χ4v) is 0. The van der Waals surface area contributed by atoms with Crippen molar-refractivity contribution in [1.29, 1.82) is 0 Å². The van der Waals surface area contributed by atoms with Crippen LogP contribution in [-0.4, -0.2) is 13.4 Å². The number of halogens is 6. The van der Waals surface area contributed by atoms with E-state index in [1.807, 2.05) is 0 Å². The lowest BCUT2D eigenvalue weighted by molar-refractivity contribution is 0.00819. The molecule has 0 radical (unpaired) electrons. The van der Waals surface area contributed by atoms with Crippen LogP contribution in [0.5, 0.6) is 0 Å². The van der Waals surface area contributed by atoms with Gasteiger partial charge in [0.2, 0.25) is 0 Å². The normalized spacial score (nSPS) is 7.27. The van der Waals surface area contributed by atoms with Crippen LogP contribution >= 0.6 is 0 Å². The Balaban J connectivity index is -0.0000000886. The van der Waals surface area contributed by atoms with Crippen LogP contribution < -0.4 is 0 Å². The Kier molecular flexibility index (Phi) is 24.6. The monoisotopic (exact) mass is 182 g/mol. The highest BCUT2D eigenvalue weighted by molar-refractivity contribution is 4.57. The minimum absolute atomic E-state index is 0.250. The second-order valence-electron chi connectivity index (χ2n) is 0.853. The van der Waals surface area contributed by atoms with E-state index in [4.69, 9.17) is 0 Å². The van der Waals surface area contributed by atoms with Crippen molar-refractivity contribution in [3.05, 3.63) is 12.7 Å². The van der Waals surface area contributed by atoms with Crippen molar-refractivity contribution < 1.29 is 26.3 Å². The summed E-state index contributed by atoms with van der Waals surface area (Å²) in [7, 11) is 0. The number of hydrogen-bond acceptors (Lipinski definition) is 0. The van der Waals surface area contributed by atoms with E-state index in [9.17, 15) is 26.3 Å². The zero-order valence-electron chi connectivity index (χ0n) is 5.76. The molecule has 0 spiro atoms. The Morgan fingerprint density at radius 3 is 1.27 bits per heavy atom. The van der Waals surface area contributed by atoms with Crippen LogP contribution in [0.15, 0.2) is 12.7 Å². The summed E-state index contributed by atoms with van der Waals surface area (Å²) in [6.07, 6.45) is -1.83. The van der Waals surface area contributed by atoms with Gasteiger partial charge in [-0.15, -0.1) is 0 Å². The molecule has 0 unspecified atom stereocenters. The Morgan fingerprint density at radius 1 is 1.27 bits per heavy atom. The Bertz CT molecular complexity index is 64.6. The van der Waals surface area contributed by atoms with Gasteiger partial charge in [-0.1, -0.05) is 0 Å². The first-order valence-electron chi connectivity index (χ1n) is 2.36. The predicted molar refractivity (Wildman–Crippen MR) is 30.1 cm³/mol. The summed E-state index contributed by atoms with van der Waals surface area (Å²) in [6.45, 7) is -0.236. The molecule has 0 aromatic rings. The summed E-state index contributed by atoms with van der Waals surface area (Å²) in [5.41, 5.74) is 0. The van der Waals surface area contributed by atoms with Gasteiger partial charge < -0.3 is 0 Å². The number of alkyl halides is 4. The molecule has 0 aliphatic carbocycles. The molecule has 70 valence electrons. The summed E-state index contributed by atoms with van der Waals surface area (Å²) >= 11 is 0. The van der Waals surface area contributed by atoms with Crippen LogP contribution in [0.2, 0.25) is 0 Å². The van der Waals surface area contributed by atoms with E-state index in [-0.39, 0.29) is 6.67 Å². The van der Waals surface area contributed by atoms with Gasteiger partial charge in [0, 0.05) is 0 Å². The largest absolute Gasteiger partial charge is 0.379 e. The average Bonchev–Trinajstić information content (AvgIpc) is 1.60. The van der Waals surface area contributed by atoms with Crippen molar-refractivity contribution in [2.24, 2.45) is 0 Å². The SMILES string of the molecule is C=C(F)F.CCF.FC(F)F. The molecule has 0 saturated carbocycles. The van der Waals surface area contributed by atoms with E-state index in [0.717, 1.165) is 0 Å². The molecule has 0 aromatic carbocycles. The summed E-state index contributed by atoms with van der Waals surface area (Å²) in [5, 5.41) is 0. The van der Waals surface area contributed by atoms with Crippen molar-refractivity contribution >= 4 is 0 Å². The highest BCUT2D eigenvalue weighted by Crippen LogP contribution is 1.87. The van der Waals surface area contributed by atoms with Crippen molar-refractivity contribution in [2.75, 3.05) is 6.67 Å². The minimum Gasteiger partial charge on any atom is -0.251 e. The fourth-order valence-electron chi connectivity index (χ4n) is 0. The van der Waals surface area contributed by atoms with Crippen molar-refractivity contribution in [3.8, 4) is 0 Å². The highest BCUT2D eigenvalue weighted by Gasteiger charge is 1.86. The molecule has 0 nitrogen and oxygen atoms in total. The molecule has 0 bridgehead atoms. The molecule has 0 atom stereocenters. The van der Waals surface area contributed by atoms with Crippen molar-refractivity contribution in [2.45, 2.75) is 13.6 Å². The second kappa shape index (κ2) is 16.2. The number of rotatable bonds is 0. The van der Waals surface area contributed by atoms with Gasteiger partial charge in [0.05, 0.1) is 6.67 Å². The van der Waals surface area contributed by atoms with Crippen LogP contribution in [-0.2, 0) is 0 Å². The van der Waals surface area contributed by atoms with E-state index in [2.05, 4.69) is 6.58 Å². The molecular formula is C5H8F6. The third-order valence-corrected chi connectivity index (χ3v) is 0. The van der Waals surface area contributed by atoms with E-state index < -0.39 is 12.8 Å². The third-order valence-electron chi connectivity index (χ3n) is 0. The quantitative estimate of drug-likeness (QED) is 0.502. The van der Waals surface area contributed by atoms with Gasteiger partial charge >= 0.3 is 6.68 Å². The highest BCUT2D eigenvalue weighted by atomic mass is 19.4. The molecule has 0 fully saturated rings. The van der Waals surface area contributed by atoms with Gasteiger partial charge in [0.25, 0.3) is 6.08 Å². The van der Waals surface area contributed by atoms with Crippen LogP contribution in [0, 0.1) is 0 Å². The molecule has 11 heavy (non-hydrogen) atoms. The maximum Gasteiger partial charge on any atom is 0.379 e. The summed E-state index contributed by atoms with van der Waals surface area (Å²) in [6, 6.07) is 0. The molecule has 0 aliphatic heterocycles. The fraction of sp³-hybridized carbons (Fsp3) is 0.600. The zero-order chi connectivity index (χ0) is 9.86. The zero-order valence-corrected chi connectivity index (χ0v) is 5.76. The molecule has 0 N–H and O–H groups in total. The molecule has 6 heteroatoms. The van der Waals surface area contributed by atoms with Gasteiger partial charge in [-0.2, -0.15) is 22.0 Å². The first kappa shape index (κ1) is 16.7. The molecule has 0 amide bonds. The molecular weight excluding hydrogens is 174 g/mol. The maximum atomic E-state index is 10.3. The average molecular weight is 182 g/mol. The van der Waals surface area contributed by atoms with Crippen LogP contribution in [0.3, 0.4) is 0 Å². The lowest BCUT2D eigenvalue weighted by Crippen LogP contribution is -1.65. The summed E-state index contributed by atoms with van der Waals surface area (Å²) in [5.74, 6) is 0. The lowest BCUT2D eigenvalue weighted by atomic mass is 10.9. The smallest absolute Gasteiger partial charge is 0.251 e. The molecule has 0 aliphatic rings. The van der Waals surface area contributed by atoms with Gasteiger partial charge in [-0.25, -0.2) is 0 Å². The van der Waals surface area contributed by atoms with Crippen molar-refractivity contribution in [3.63, 3.8) is 0 Å². The lowest BCUT2D eigenvalue weighted by Gasteiger charge is -1.65. The van der Waals surface area contributed by atoms with Gasteiger partial charge in [0.1, 0.15) is 0 Å². The van der Waals surface area contributed by atoms with Crippen LogP contribution in [0.1, 0.15) is 6.92 Å². The summed E-state index contributed by atoms with van der Waals surface area (Å²) in [4.78, 5) is 0. The first-order chi connectivity index (χ1) is 4.88. The Labute approximate surface area is 60.5 Å². The van der Waals surface area contributed by atoms with Crippen LogP contribution in [0.4, 0.5) is 26.3 Å². The van der Waals surface area contributed by atoms with E-state index in [1.165, 1.54) is 6.92 Å². The molecule has 0 aromatic heterocycles. The van der Waals surface area contributed by atoms with E-state index in [0.29, 0.717) is 0 Å². The minimum atomic E-state index is -3.67. The maximum absolute atomic E-state index is 10.3. The van der Waals surface area contributed by atoms with E-state index >= 15 is 0 Å². The summed E-state index contributed by atoms with van der Waals surface area (Å²) < 4.78 is 59.6. The molecule has 0 heterocycles. The first-order valence-corrected chi connectivity index (χ1v) is 2.36. The molecule has 0 saturated heterocycles. The standard InChI is InChI=1S/C2H2F2.C2H5F.CHF3/c1-2(3)4;1-2-3;2-1(3)4/h1H2;2H2,1H3;1H. The van der Waals surface area contributed by atoms with Gasteiger partial charge in [-0.3, -0.25) is 4.39 Å². The number of hydrogen-bond donors (Lipinski definition) is 0. The van der Waals surface area contributed by atoms with E-state index in [1.54, 1.807) is 0 Å². The Morgan fingerprint density at radius 2 is 1.27 bits per heavy atom. The van der Waals surface area contributed by atoms with Gasteiger partial charge in [0.15, 0.2) is 0 Å². The predicted octanol–water partition coefficient (Wildman–Crippen LogP) is 3.55. The second-order valence-corrected chi connectivity index (χ2v) is 0.853. The topological polar surface area (TPSA) is 0 Å². The molecule has 0 rings (SSSR count). The van der Waals surface area contributed by atoms with Crippen molar-refractivity contribution in [1.82, 2.24) is 0 Å². The van der Waals surface area contributed by atoms with Crippen LogP contribution in [0.25, 0.3) is 0 Å². The van der Waals surface area contributed by atoms with Gasteiger partial charge in [-0.05, 0) is 13.5 Å². The third kappa shape index (κ3) is 1080.